The van der Waals surface area contributed by atoms with E-state index in [9.17, 15) is 4.79 Å². The van der Waals surface area contributed by atoms with Crippen LogP contribution in [0.3, 0.4) is 0 Å². The second kappa shape index (κ2) is 11.8. The fraction of sp³-hybridized carbons (Fsp3) is 0.667. The van der Waals surface area contributed by atoms with Crippen molar-refractivity contribution in [3.05, 3.63) is 35.4 Å². The predicted molar refractivity (Wildman–Crippen MR) is 122 cm³/mol. The van der Waals surface area contributed by atoms with Crippen molar-refractivity contribution in [1.29, 1.82) is 0 Å². The number of carbonyl (C=O) groups excluding carboxylic acids is 1. The first-order valence-electron chi connectivity index (χ1n) is 11.4. The van der Waals surface area contributed by atoms with Crippen molar-refractivity contribution in [3.8, 4) is 0 Å². The Bertz CT molecular complexity index is 643. The van der Waals surface area contributed by atoms with Gasteiger partial charge in [0.25, 0.3) is 0 Å². The molecule has 0 spiro atoms. The molecule has 0 saturated carbocycles. The Morgan fingerprint density at radius 3 is 2.31 bits per heavy atom. The van der Waals surface area contributed by atoms with E-state index in [4.69, 9.17) is 4.99 Å². The number of carbonyl (C=O) groups is 1. The van der Waals surface area contributed by atoms with Gasteiger partial charge in [0.05, 0.1) is 0 Å². The third kappa shape index (κ3) is 7.06. The van der Waals surface area contributed by atoms with Crippen molar-refractivity contribution in [1.82, 2.24) is 15.5 Å². The van der Waals surface area contributed by atoms with Gasteiger partial charge in [-0.2, -0.15) is 0 Å². The molecule has 1 fully saturated rings. The van der Waals surface area contributed by atoms with Gasteiger partial charge in [-0.05, 0) is 45.1 Å². The van der Waals surface area contributed by atoms with Gasteiger partial charge in [0.15, 0.2) is 5.96 Å². The summed E-state index contributed by atoms with van der Waals surface area (Å²) in [6.07, 6.45) is 3.82. The molecule has 5 nitrogen and oxygen atoms in total. The first-order valence-corrected chi connectivity index (χ1v) is 11.4. The predicted octanol–water partition coefficient (Wildman–Crippen LogP) is 4.08. The summed E-state index contributed by atoms with van der Waals surface area (Å²) < 4.78 is 0. The zero-order valence-corrected chi connectivity index (χ0v) is 19.0. The third-order valence-corrected chi connectivity index (χ3v) is 6.00. The van der Waals surface area contributed by atoms with Crippen molar-refractivity contribution in [2.24, 2.45) is 10.9 Å². The highest BCUT2D eigenvalue weighted by Crippen LogP contribution is 2.18. The lowest BCUT2D eigenvalue weighted by Crippen LogP contribution is -2.50. The number of hydrogen-bond donors (Lipinski definition) is 2. The van der Waals surface area contributed by atoms with Gasteiger partial charge in [-0.15, -0.1) is 0 Å². The maximum atomic E-state index is 12.6. The number of aryl methyl sites for hydroxylation is 1. The molecule has 5 heteroatoms. The second-order valence-electron chi connectivity index (χ2n) is 8.29. The van der Waals surface area contributed by atoms with Crippen LogP contribution in [-0.2, 0) is 4.79 Å². The first kappa shape index (κ1) is 23.2. The van der Waals surface area contributed by atoms with E-state index in [1.165, 1.54) is 11.1 Å². The molecule has 0 aromatic heterocycles. The molecule has 1 aromatic rings. The van der Waals surface area contributed by atoms with Gasteiger partial charge < -0.3 is 15.5 Å². The van der Waals surface area contributed by atoms with E-state index in [1.54, 1.807) is 0 Å². The Labute approximate surface area is 177 Å². The van der Waals surface area contributed by atoms with E-state index in [0.717, 1.165) is 57.8 Å². The van der Waals surface area contributed by atoms with Crippen LogP contribution in [0.15, 0.2) is 29.3 Å². The van der Waals surface area contributed by atoms with Crippen LogP contribution in [0.1, 0.15) is 70.4 Å². The van der Waals surface area contributed by atoms with Crippen LogP contribution in [0.4, 0.5) is 0 Å². The average Bonchev–Trinajstić information content (AvgIpc) is 2.73. The van der Waals surface area contributed by atoms with Gasteiger partial charge in [0, 0.05) is 44.1 Å². The Morgan fingerprint density at radius 2 is 1.76 bits per heavy atom. The van der Waals surface area contributed by atoms with Gasteiger partial charge in [-0.1, -0.05) is 50.6 Å². The molecule has 1 heterocycles. The summed E-state index contributed by atoms with van der Waals surface area (Å²) in [4.78, 5) is 19.5. The van der Waals surface area contributed by atoms with Crippen molar-refractivity contribution >= 4 is 11.9 Å². The van der Waals surface area contributed by atoms with Crippen molar-refractivity contribution in [3.63, 3.8) is 0 Å². The molecule has 0 radical (unpaired) electrons. The maximum absolute atomic E-state index is 12.6. The Kier molecular flexibility index (Phi) is 9.49. The molecule has 29 heavy (non-hydrogen) atoms. The third-order valence-electron chi connectivity index (χ3n) is 6.00. The maximum Gasteiger partial charge on any atom is 0.225 e. The standard InChI is InChI=1S/C24H40N4O/c1-6-20(7-2)23(29)28-15-13-22(14-16-28)27-24(25-8-3)26-17-19(5)21-11-9-18(4)10-12-21/h9-12,19-20,22H,6-8,13-17H2,1-5H3,(H2,25,26,27). The fourth-order valence-corrected chi connectivity index (χ4v) is 3.88. The smallest absolute Gasteiger partial charge is 0.225 e. The van der Waals surface area contributed by atoms with Gasteiger partial charge in [0.2, 0.25) is 5.91 Å². The lowest BCUT2D eigenvalue weighted by atomic mass is 9.98. The molecule has 1 atom stereocenters. The summed E-state index contributed by atoms with van der Waals surface area (Å²) in [5.41, 5.74) is 2.61. The Balaban J connectivity index is 1.88. The Hall–Kier alpha value is -2.04. The van der Waals surface area contributed by atoms with Crippen LogP contribution in [0, 0.1) is 12.8 Å². The first-order chi connectivity index (χ1) is 14.0. The van der Waals surface area contributed by atoms with Gasteiger partial charge in [-0.3, -0.25) is 9.79 Å². The minimum Gasteiger partial charge on any atom is -0.357 e. The topological polar surface area (TPSA) is 56.7 Å². The molecule has 162 valence electrons. The summed E-state index contributed by atoms with van der Waals surface area (Å²) in [6, 6.07) is 9.09. The van der Waals surface area contributed by atoms with Crippen molar-refractivity contribution in [2.45, 2.75) is 72.3 Å². The van der Waals surface area contributed by atoms with Crippen molar-refractivity contribution < 1.29 is 4.79 Å². The highest BCUT2D eigenvalue weighted by molar-refractivity contribution is 5.80. The Morgan fingerprint density at radius 1 is 1.14 bits per heavy atom. The number of aliphatic imine (C=N–C) groups is 1. The highest BCUT2D eigenvalue weighted by Gasteiger charge is 2.26. The number of benzene rings is 1. The van der Waals surface area contributed by atoms with Gasteiger partial charge >= 0.3 is 0 Å². The largest absolute Gasteiger partial charge is 0.357 e. The van der Waals surface area contributed by atoms with Crippen LogP contribution >= 0.6 is 0 Å². The molecule has 0 bridgehead atoms. The summed E-state index contributed by atoms with van der Waals surface area (Å²) in [7, 11) is 0. The van der Waals surface area contributed by atoms with Crippen molar-refractivity contribution in [2.75, 3.05) is 26.2 Å². The molecule has 1 aliphatic heterocycles. The van der Waals surface area contributed by atoms with E-state index in [2.05, 4.69) is 74.4 Å². The molecule has 2 N–H and O–H groups in total. The molecular weight excluding hydrogens is 360 g/mol. The second-order valence-corrected chi connectivity index (χ2v) is 8.29. The number of piperidine rings is 1. The molecule has 1 aromatic carbocycles. The zero-order valence-electron chi connectivity index (χ0n) is 19.0. The van der Waals surface area contributed by atoms with Crippen LogP contribution in [-0.4, -0.2) is 49.0 Å². The summed E-state index contributed by atoms with van der Waals surface area (Å²) in [6.45, 7) is 13.9. The molecule has 2 rings (SSSR count). The molecule has 1 aliphatic rings. The number of amides is 1. The summed E-state index contributed by atoms with van der Waals surface area (Å²) in [5.74, 6) is 1.78. The molecule has 0 aliphatic carbocycles. The van der Waals surface area contributed by atoms with Crippen LogP contribution in [0.25, 0.3) is 0 Å². The van der Waals surface area contributed by atoms with Gasteiger partial charge in [0.1, 0.15) is 0 Å². The number of hydrogen-bond acceptors (Lipinski definition) is 2. The van der Waals surface area contributed by atoms with E-state index in [0.29, 0.717) is 17.9 Å². The normalized spacial score (nSPS) is 16.8. The van der Waals surface area contributed by atoms with Crippen LogP contribution in [0.5, 0.6) is 0 Å². The summed E-state index contributed by atoms with van der Waals surface area (Å²) >= 11 is 0. The molecule has 1 amide bonds. The van der Waals surface area contributed by atoms with E-state index in [-0.39, 0.29) is 5.92 Å². The minimum absolute atomic E-state index is 0.182. The van der Waals surface area contributed by atoms with E-state index < -0.39 is 0 Å². The number of nitrogens with zero attached hydrogens (tertiary/aromatic N) is 2. The molecule has 1 saturated heterocycles. The lowest BCUT2D eigenvalue weighted by molar-refractivity contribution is -0.136. The summed E-state index contributed by atoms with van der Waals surface area (Å²) in [5, 5.41) is 6.97. The van der Waals surface area contributed by atoms with E-state index in [1.807, 2.05) is 0 Å². The van der Waals surface area contributed by atoms with E-state index >= 15 is 0 Å². The molecule has 1 unspecified atom stereocenters. The number of nitrogens with one attached hydrogen (secondary N) is 2. The monoisotopic (exact) mass is 400 g/mol. The van der Waals surface area contributed by atoms with Crippen LogP contribution < -0.4 is 10.6 Å². The minimum atomic E-state index is 0.182. The number of likely N-dealkylation sites (tertiary alicyclic amines) is 1. The number of guanidine groups is 1. The molecular formula is C24H40N4O. The highest BCUT2D eigenvalue weighted by atomic mass is 16.2. The van der Waals surface area contributed by atoms with Gasteiger partial charge in [-0.25, -0.2) is 0 Å². The quantitative estimate of drug-likeness (QED) is 0.511. The fourth-order valence-electron chi connectivity index (χ4n) is 3.88. The SMILES string of the molecule is CCNC(=NCC(C)c1ccc(C)cc1)NC1CCN(C(=O)C(CC)CC)CC1. The van der Waals surface area contributed by atoms with Crippen LogP contribution in [0.2, 0.25) is 0 Å². The number of rotatable bonds is 8. The lowest BCUT2D eigenvalue weighted by Gasteiger charge is -2.35. The average molecular weight is 401 g/mol. The zero-order chi connectivity index (χ0) is 21.2.